The molecule has 0 radical (unpaired) electrons. The molecule has 6 rings (SSSR count). The normalized spacial score (nSPS) is 13.6. The summed E-state index contributed by atoms with van der Waals surface area (Å²) in [4.78, 5) is 68.3. The number of anilines is 1. The first-order valence-corrected chi connectivity index (χ1v) is 17.7. The second-order valence-electron chi connectivity index (χ2n) is 14.6. The molecule has 11 nitrogen and oxygen atoms in total. The first-order chi connectivity index (χ1) is 26.2. The number of amidine groups is 2. The molecule has 0 fully saturated rings. The first kappa shape index (κ1) is 37.9. The number of esters is 2. The minimum Gasteiger partial charge on any atom is -0.456 e. The minimum atomic E-state index is -0.894. The van der Waals surface area contributed by atoms with E-state index in [2.05, 4.69) is 15.6 Å². The molecule has 2 heterocycles. The monoisotopic (exact) mass is 735 g/mol. The summed E-state index contributed by atoms with van der Waals surface area (Å²) in [5, 5.41) is 5.66. The van der Waals surface area contributed by atoms with Crippen molar-refractivity contribution in [3.8, 4) is 11.1 Å². The van der Waals surface area contributed by atoms with Crippen LogP contribution in [0.5, 0.6) is 0 Å². The van der Waals surface area contributed by atoms with Gasteiger partial charge in [0.05, 0.1) is 0 Å². The average Bonchev–Trinajstić information content (AvgIpc) is 3.69. The summed E-state index contributed by atoms with van der Waals surface area (Å²) in [6.07, 6.45) is 0. The fraction of sp³-hybridized carbons (Fsp3) is 0.182. The molecule has 278 valence electrons. The number of carbonyl (C=O) groups excluding carboxylic acids is 4. The summed E-state index contributed by atoms with van der Waals surface area (Å²) >= 11 is 0. The molecule has 1 aliphatic heterocycles. The van der Waals surface area contributed by atoms with Crippen LogP contribution in [0, 0.1) is 0 Å². The summed E-state index contributed by atoms with van der Waals surface area (Å²) in [6, 6.07) is 35.1. The third kappa shape index (κ3) is 9.02. The molecule has 55 heavy (non-hydrogen) atoms. The largest absolute Gasteiger partial charge is 0.456 e. The summed E-state index contributed by atoms with van der Waals surface area (Å²) in [5.41, 5.74) is 0.674. The number of ether oxygens (including phenoxy) is 2. The van der Waals surface area contributed by atoms with Gasteiger partial charge in [-0.25, -0.2) is 19.6 Å². The highest BCUT2D eigenvalue weighted by Crippen LogP contribution is 2.41. The molecule has 2 amide bonds. The van der Waals surface area contributed by atoms with Crippen LogP contribution in [-0.2, 0) is 14.3 Å². The van der Waals surface area contributed by atoms with Crippen molar-refractivity contribution in [1.82, 2.24) is 10.3 Å². The molecule has 5 aromatic rings. The lowest BCUT2D eigenvalue weighted by Gasteiger charge is -2.21. The van der Waals surface area contributed by atoms with E-state index in [0.717, 1.165) is 0 Å². The van der Waals surface area contributed by atoms with E-state index in [4.69, 9.17) is 19.5 Å². The molecule has 0 aliphatic carbocycles. The molecule has 1 aromatic heterocycles. The van der Waals surface area contributed by atoms with Gasteiger partial charge < -0.3 is 25.1 Å². The predicted octanol–water partition coefficient (Wildman–Crippen LogP) is 8.56. The third-order valence-electron chi connectivity index (χ3n) is 8.00. The van der Waals surface area contributed by atoms with Gasteiger partial charge >= 0.3 is 11.9 Å². The Kier molecular flexibility index (Phi) is 10.7. The lowest BCUT2D eigenvalue weighted by atomic mass is 9.99. The topological polar surface area (TPSA) is 151 Å². The molecule has 0 saturated heterocycles. The maximum Gasteiger partial charge on any atom is 0.343 e. The molecule has 0 atom stereocenters. The smallest absolute Gasteiger partial charge is 0.343 e. The number of hydrogen-bond acceptors (Lipinski definition) is 7. The van der Waals surface area contributed by atoms with Gasteiger partial charge in [-0.3, -0.25) is 9.59 Å². The molecule has 4 aromatic carbocycles. The maximum absolute atomic E-state index is 14.1. The van der Waals surface area contributed by atoms with Gasteiger partial charge in [0.25, 0.3) is 11.8 Å². The van der Waals surface area contributed by atoms with Gasteiger partial charge in [0.2, 0.25) is 0 Å². The first-order valence-electron chi connectivity index (χ1n) is 17.7. The summed E-state index contributed by atoms with van der Waals surface area (Å²) in [5.74, 6) is -2.30. The van der Waals surface area contributed by atoms with Gasteiger partial charge in [-0.05, 0) is 76.9 Å². The Labute approximate surface area is 319 Å². The second kappa shape index (κ2) is 15.6. The van der Waals surface area contributed by atoms with Crippen molar-refractivity contribution in [3.05, 3.63) is 149 Å². The number of aliphatic imine (C=N–C) groups is 2. The quantitative estimate of drug-likeness (QED) is 0.136. The molecule has 11 heteroatoms. The Morgan fingerprint density at radius 1 is 0.600 bits per heavy atom. The van der Waals surface area contributed by atoms with E-state index in [-0.39, 0.29) is 40.0 Å². The number of benzene rings is 4. The Hall–Kier alpha value is -6.88. The van der Waals surface area contributed by atoms with Crippen LogP contribution >= 0.6 is 0 Å². The molecule has 3 N–H and O–H groups in total. The van der Waals surface area contributed by atoms with Crippen LogP contribution in [-0.4, -0.2) is 51.6 Å². The van der Waals surface area contributed by atoms with Gasteiger partial charge in [-0.1, -0.05) is 97.1 Å². The fourth-order valence-corrected chi connectivity index (χ4v) is 5.76. The van der Waals surface area contributed by atoms with Crippen LogP contribution in [0.2, 0.25) is 0 Å². The van der Waals surface area contributed by atoms with Crippen molar-refractivity contribution in [2.24, 2.45) is 9.98 Å². The number of nitrogens with zero attached hydrogens (tertiary/aromatic N) is 2. The lowest BCUT2D eigenvalue weighted by molar-refractivity contribution is -0.149. The lowest BCUT2D eigenvalue weighted by Crippen LogP contribution is -2.35. The molecule has 0 bridgehead atoms. The van der Waals surface area contributed by atoms with Crippen LogP contribution in [0.3, 0.4) is 0 Å². The van der Waals surface area contributed by atoms with E-state index in [1.165, 1.54) is 0 Å². The molecule has 0 spiro atoms. The van der Waals surface area contributed by atoms with E-state index in [0.29, 0.717) is 27.8 Å². The zero-order valence-electron chi connectivity index (χ0n) is 31.4. The molecule has 1 aliphatic rings. The predicted molar refractivity (Wildman–Crippen MR) is 213 cm³/mol. The van der Waals surface area contributed by atoms with E-state index in [1.807, 2.05) is 12.1 Å². The van der Waals surface area contributed by atoms with Crippen LogP contribution in [0.4, 0.5) is 11.6 Å². The summed E-state index contributed by atoms with van der Waals surface area (Å²) < 4.78 is 11.8. The van der Waals surface area contributed by atoms with Gasteiger partial charge in [0.15, 0.2) is 11.7 Å². The van der Waals surface area contributed by atoms with Gasteiger partial charge in [-0.2, -0.15) is 0 Å². The number of aromatic nitrogens is 1. The van der Waals surface area contributed by atoms with Gasteiger partial charge in [0, 0.05) is 22.3 Å². The molecule has 0 saturated carbocycles. The van der Waals surface area contributed by atoms with Crippen molar-refractivity contribution in [2.75, 3.05) is 5.32 Å². The van der Waals surface area contributed by atoms with E-state index < -0.39 is 35.0 Å². The van der Waals surface area contributed by atoms with E-state index in [1.54, 1.807) is 151 Å². The standard InChI is InChI=1S/C44H41N5O6/c1-43(2,3)54-41(52)33-31(27-19-11-7-12-20-27)35(46-37(33)48-39(50)29-23-15-9-16-24-29)45-36-32(28-21-13-8-14-22-28)34(42(53)55-44(4,5)6)38(47-36)49-40(51)30-25-17-10-18-26-30/h7-26,46H,1-6H3,(H,48,50)(H,45,47,49,51). The van der Waals surface area contributed by atoms with Crippen LogP contribution < -0.4 is 10.6 Å². The zero-order valence-corrected chi connectivity index (χ0v) is 31.4. The number of amides is 2. The van der Waals surface area contributed by atoms with Crippen molar-refractivity contribution < 1.29 is 28.7 Å². The highest BCUT2D eigenvalue weighted by Gasteiger charge is 2.37. The van der Waals surface area contributed by atoms with Crippen LogP contribution in [0.15, 0.2) is 137 Å². The summed E-state index contributed by atoms with van der Waals surface area (Å²) in [7, 11) is 0. The van der Waals surface area contributed by atoms with Crippen molar-refractivity contribution in [1.29, 1.82) is 0 Å². The SMILES string of the molecule is CC(C)(C)OC(=O)C1=C(c2ccccc2)C(=Nc2[nH]c(NC(=O)c3ccccc3)c(C(=O)OC(C)(C)C)c2-c2ccccc2)N=C1NC(=O)c1ccccc1. The average molecular weight is 736 g/mol. The van der Waals surface area contributed by atoms with E-state index >= 15 is 0 Å². The number of hydrogen-bond donors (Lipinski definition) is 3. The number of rotatable bonds is 8. The second-order valence-corrected chi connectivity index (χ2v) is 14.6. The van der Waals surface area contributed by atoms with Crippen LogP contribution in [0.25, 0.3) is 16.7 Å². The van der Waals surface area contributed by atoms with E-state index in [9.17, 15) is 19.2 Å². The Morgan fingerprint density at radius 2 is 1.05 bits per heavy atom. The van der Waals surface area contributed by atoms with Gasteiger partial charge in [0.1, 0.15) is 34.0 Å². The molecule has 0 unspecified atom stereocenters. The molecular formula is C44H41N5O6. The summed E-state index contributed by atoms with van der Waals surface area (Å²) in [6.45, 7) is 10.5. The number of H-pyrrole nitrogens is 1. The highest BCUT2D eigenvalue weighted by molar-refractivity contribution is 6.45. The van der Waals surface area contributed by atoms with Crippen molar-refractivity contribution in [2.45, 2.75) is 52.7 Å². The Morgan fingerprint density at radius 3 is 1.56 bits per heavy atom. The fourth-order valence-electron chi connectivity index (χ4n) is 5.76. The third-order valence-corrected chi connectivity index (χ3v) is 8.00. The minimum absolute atomic E-state index is 0.0121. The Bertz CT molecular complexity index is 2330. The van der Waals surface area contributed by atoms with Gasteiger partial charge in [-0.15, -0.1) is 0 Å². The Balaban J connectivity index is 1.62. The highest BCUT2D eigenvalue weighted by atomic mass is 16.6. The zero-order chi connectivity index (χ0) is 39.3. The number of nitrogens with one attached hydrogen (secondary N) is 3. The van der Waals surface area contributed by atoms with Crippen LogP contribution in [0.1, 0.15) is 78.2 Å². The van der Waals surface area contributed by atoms with Crippen molar-refractivity contribution in [3.63, 3.8) is 0 Å². The van der Waals surface area contributed by atoms with Crippen molar-refractivity contribution >= 4 is 52.6 Å². The molecular weight excluding hydrogens is 695 g/mol. The number of aromatic amines is 1. The number of carbonyl (C=O) groups is 4. The maximum atomic E-state index is 14.1.